The summed E-state index contributed by atoms with van der Waals surface area (Å²) in [7, 11) is 3.16. The van der Waals surface area contributed by atoms with Gasteiger partial charge in [0.15, 0.2) is 0 Å². The predicted molar refractivity (Wildman–Crippen MR) is 97.2 cm³/mol. The van der Waals surface area contributed by atoms with Crippen LogP contribution in [0.4, 0.5) is 0 Å². The first kappa shape index (κ1) is 17.9. The summed E-state index contributed by atoms with van der Waals surface area (Å²) in [6.45, 7) is 0.692. The molecule has 3 rings (SSSR count). The summed E-state index contributed by atoms with van der Waals surface area (Å²) in [5.74, 6) is 0.0967. The fraction of sp³-hybridized carbons (Fsp3) is 0.667. The lowest BCUT2D eigenvalue weighted by molar-refractivity contribution is -0.148. The van der Waals surface area contributed by atoms with Crippen LogP contribution in [0, 0.1) is 11.8 Å². The number of allylic oxidation sites excluding steroid dienone is 2. The lowest BCUT2D eigenvalue weighted by Gasteiger charge is -2.16. The van der Waals surface area contributed by atoms with Gasteiger partial charge in [0.25, 0.3) is 0 Å². The third kappa shape index (κ3) is 5.06. The van der Waals surface area contributed by atoms with E-state index in [9.17, 15) is 9.59 Å². The van der Waals surface area contributed by atoms with E-state index in [-0.39, 0.29) is 23.8 Å². The SMILES string of the molecule is O=C(OCC1=CC=C(COC(=O)C2CCCC2)SS1)C1CCCC1. The molecule has 3 aliphatic rings. The lowest BCUT2D eigenvalue weighted by atomic mass is 10.1. The first-order valence-electron chi connectivity index (χ1n) is 8.80. The van der Waals surface area contributed by atoms with Crippen molar-refractivity contribution >= 4 is 33.5 Å². The van der Waals surface area contributed by atoms with E-state index >= 15 is 0 Å². The van der Waals surface area contributed by atoms with Crippen molar-refractivity contribution in [2.24, 2.45) is 11.8 Å². The van der Waals surface area contributed by atoms with Crippen molar-refractivity contribution in [1.82, 2.24) is 0 Å². The maximum atomic E-state index is 11.9. The van der Waals surface area contributed by atoms with Gasteiger partial charge in [-0.1, -0.05) is 47.3 Å². The maximum Gasteiger partial charge on any atom is 0.309 e. The number of esters is 2. The van der Waals surface area contributed by atoms with E-state index in [1.807, 2.05) is 12.2 Å². The maximum absolute atomic E-state index is 11.9. The zero-order chi connectivity index (χ0) is 16.8. The van der Waals surface area contributed by atoms with Crippen LogP contribution in [0.1, 0.15) is 51.4 Å². The standard InChI is InChI=1S/C18H24O4S2/c19-17(13-5-1-2-6-13)21-11-15-9-10-16(24-23-15)12-22-18(20)14-7-3-4-8-14/h9-10,13-14H,1-8,11-12H2. The number of hydrogen-bond acceptors (Lipinski definition) is 6. The first-order chi connectivity index (χ1) is 11.7. The van der Waals surface area contributed by atoms with Gasteiger partial charge < -0.3 is 9.47 Å². The molecule has 1 aliphatic heterocycles. The number of rotatable bonds is 6. The Morgan fingerprint density at radius 3 is 1.50 bits per heavy atom. The fourth-order valence-electron chi connectivity index (χ4n) is 3.34. The molecule has 0 aromatic heterocycles. The molecule has 1 heterocycles. The molecule has 0 N–H and O–H groups in total. The molecule has 24 heavy (non-hydrogen) atoms. The van der Waals surface area contributed by atoms with Crippen molar-refractivity contribution in [2.45, 2.75) is 51.4 Å². The van der Waals surface area contributed by atoms with Gasteiger partial charge in [-0.2, -0.15) is 0 Å². The Balaban J connectivity index is 1.38. The molecule has 0 aromatic rings. The van der Waals surface area contributed by atoms with Crippen molar-refractivity contribution in [1.29, 1.82) is 0 Å². The molecular weight excluding hydrogens is 344 g/mol. The van der Waals surface area contributed by atoms with Crippen LogP contribution in [0.15, 0.2) is 22.0 Å². The van der Waals surface area contributed by atoms with Crippen LogP contribution in [0.25, 0.3) is 0 Å². The molecule has 2 aliphatic carbocycles. The summed E-state index contributed by atoms with van der Waals surface area (Å²) in [5, 5.41) is 0. The average Bonchev–Trinajstić information content (AvgIpc) is 3.32. The van der Waals surface area contributed by atoms with E-state index < -0.39 is 0 Å². The van der Waals surface area contributed by atoms with Crippen LogP contribution in [0.3, 0.4) is 0 Å². The van der Waals surface area contributed by atoms with Gasteiger partial charge in [-0.3, -0.25) is 9.59 Å². The minimum atomic E-state index is -0.0562. The van der Waals surface area contributed by atoms with Crippen molar-refractivity contribution in [3.05, 3.63) is 22.0 Å². The first-order valence-corrected chi connectivity index (χ1v) is 10.9. The van der Waals surface area contributed by atoms with Crippen LogP contribution < -0.4 is 0 Å². The molecule has 0 amide bonds. The van der Waals surface area contributed by atoms with E-state index in [0.29, 0.717) is 13.2 Å². The third-order valence-electron chi connectivity index (χ3n) is 4.80. The van der Waals surface area contributed by atoms with E-state index in [2.05, 4.69) is 0 Å². The van der Waals surface area contributed by atoms with Crippen LogP contribution in [-0.4, -0.2) is 25.2 Å². The Labute approximate surface area is 151 Å². The number of carbonyl (C=O) groups is 2. The van der Waals surface area contributed by atoms with Crippen LogP contribution in [-0.2, 0) is 19.1 Å². The molecule has 0 saturated heterocycles. The van der Waals surface area contributed by atoms with Crippen LogP contribution >= 0.6 is 21.6 Å². The van der Waals surface area contributed by atoms with Crippen LogP contribution in [0.5, 0.6) is 0 Å². The second kappa shape index (κ2) is 8.99. The van der Waals surface area contributed by atoms with E-state index in [0.717, 1.165) is 61.2 Å². The summed E-state index contributed by atoms with van der Waals surface area (Å²) in [6.07, 6.45) is 12.3. The summed E-state index contributed by atoms with van der Waals surface area (Å²) >= 11 is 0. The highest BCUT2D eigenvalue weighted by Gasteiger charge is 2.25. The topological polar surface area (TPSA) is 52.6 Å². The van der Waals surface area contributed by atoms with Crippen LogP contribution in [0.2, 0.25) is 0 Å². The normalized spacial score (nSPS) is 22.2. The second-order valence-corrected chi connectivity index (χ2v) is 8.99. The summed E-state index contributed by atoms with van der Waals surface area (Å²) in [4.78, 5) is 25.9. The molecule has 0 bridgehead atoms. The van der Waals surface area contributed by atoms with E-state index in [4.69, 9.17) is 9.47 Å². The monoisotopic (exact) mass is 368 g/mol. The summed E-state index contributed by atoms with van der Waals surface area (Å²) in [5.41, 5.74) is 0. The Hall–Kier alpha value is -0.880. The lowest BCUT2D eigenvalue weighted by Crippen LogP contribution is -2.16. The molecule has 2 saturated carbocycles. The minimum Gasteiger partial charge on any atom is -0.460 e. The molecular formula is C18H24O4S2. The molecule has 132 valence electrons. The van der Waals surface area contributed by atoms with Gasteiger partial charge in [0.05, 0.1) is 11.8 Å². The van der Waals surface area contributed by atoms with Gasteiger partial charge in [-0.15, -0.1) is 0 Å². The Bertz CT molecular complexity index is 481. The fourth-order valence-corrected chi connectivity index (χ4v) is 5.28. The third-order valence-corrected chi connectivity index (χ3v) is 7.36. The Morgan fingerprint density at radius 1 is 0.792 bits per heavy atom. The zero-order valence-electron chi connectivity index (χ0n) is 13.8. The van der Waals surface area contributed by atoms with Gasteiger partial charge in [-0.25, -0.2) is 0 Å². The molecule has 0 aromatic carbocycles. The second-order valence-electron chi connectivity index (χ2n) is 6.61. The van der Waals surface area contributed by atoms with E-state index in [1.54, 1.807) is 21.6 Å². The Morgan fingerprint density at radius 2 is 1.17 bits per heavy atom. The predicted octanol–water partition coefficient (Wildman–Crippen LogP) is 4.62. The number of carbonyl (C=O) groups excluding carboxylic acids is 2. The molecule has 0 unspecified atom stereocenters. The molecule has 0 atom stereocenters. The molecule has 4 nitrogen and oxygen atoms in total. The Kier molecular flexibility index (Phi) is 6.72. The average molecular weight is 369 g/mol. The van der Waals surface area contributed by atoms with E-state index in [1.165, 1.54) is 0 Å². The minimum absolute atomic E-state index is 0.0562. The summed E-state index contributed by atoms with van der Waals surface area (Å²) < 4.78 is 10.8. The van der Waals surface area contributed by atoms with Crippen molar-refractivity contribution in [3.63, 3.8) is 0 Å². The highest BCUT2D eigenvalue weighted by Crippen LogP contribution is 2.40. The molecule has 2 fully saturated rings. The highest BCUT2D eigenvalue weighted by molar-refractivity contribution is 8.79. The van der Waals surface area contributed by atoms with Crippen molar-refractivity contribution in [3.8, 4) is 0 Å². The number of ether oxygens (including phenoxy) is 2. The quantitative estimate of drug-likeness (QED) is 0.504. The summed E-state index contributed by atoms with van der Waals surface area (Å²) in [6, 6.07) is 0. The largest absolute Gasteiger partial charge is 0.460 e. The smallest absolute Gasteiger partial charge is 0.309 e. The molecule has 0 radical (unpaired) electrons. The van der Waals surface area contributed by atoms with Gasteiger partial charge in [-0.05, 0) is 37.8 Å². The van der Waals surface area contributed by atoms with Gasteiger partial charge in [0.1, 0.15) is 13.2 Å². The van der Waals surface area contributed by atoms with Gasteiger partial charge >= 0.3 is 11.9 Å². The molecule has 6 heteroatoms. The zero-order valence-corrected chi connectivity index (χ0v) is 15.5. The molecule has 0 spiro atoms. The van der Waals surface area contributed by atoms with Gasteiger partial charge in [0.2, 0.25) is 0 Å². The van der Waals surface area contributed by atoms with Crippen molar-refractivity contribution in [2.75, 3.05) is 13.2 Å². The van der Waals surface area contributed by atoms with Crippen molar-refractivity contribution < 1.29 is 19.1 Å². The number of hydrogen-bond donors (Lipinski definition) is 0. The van der Waals surface area contributed by atoms with Gasteiger partial charge in [0, 0.05) is 9.81 Å². The highest BCUT2D eigenvalue weighted by atomic mass is 33.1.